The molecule has 1 saturated carbocycles. The average molecular weight is 281 g/mol. The van der Waals surface area contributed by atoms with Gasteiger partial charge in [0.1, 0.15) is 5.15 Å². The topological polar surface area (TPSA) is 33.2 Å². The highest BCUT2D eigenvalue weighted by Gasteiger charge is 2.25. The number of rotatable bonds is 2. The predicted octanol–water partition coefficient (Wildman–Crippen LogP) is 3.69. The number of carbonyl (C=O) groups is 1. The van der Waals surface area contributed by atoms with Crippen LogP contribution in [0.5, 0.6) is 0 Å². The number of carbonyl (C=O) groups excluding carboxylic acids is 1. The van der Waals surface area contributed by atoms with Gasteiger partial charge in [-0.1, -0.05) is 18.5 Å². The molecule has 1 aliphatic carbocycles. The lowest BCUT2D eigenvalue weighted by Crippen LogP contribution is -2.39. The Labute approximate surface area is 120 Å². The Balaban J connectivity index is 2.10. The molecular weight excluding hydrogens is 260 g/mol. The normalized spacial score (nSPS) is 23.2. The number of hydrogen-bond acceptors (Lipinski definition) is 2. The zero-order chi connectivity index (χ0) is 14.0. The standard InChI is InChI=1S/C15H21ClN2O/c1-10-4-6-13(7-5-10)18(3)15(19)12-8-11(2)17-14(16)9-12/h8-10,13H,4-7H2,1-3H3. The fourth-order valence-electron chi connectivity index (χ4n) is 2.75. The van der Waals surface area contributed by atoms with E-state index >= 15 is 0 Å². The summed E-state index contributed by atoms with van der Waals surface area (Å²) in [6.45, 7) is 4.13. The van der Waals surface area contributed by atoms with E-state index in [9.17, 15) is 4.79 Å². The van der Waals surface area contributed by atoms with Gasteiger partial charge < -0.3 is 4.90 Å². The van der Waals surface area contributed by atoms with Crippen LogP contribution in [0.2, 0.25) is 5.15 Å². The third kappa shape index (κ3) is 3.47. The molecule has 4 heteroatoms. The minimum Gasteiger partial charge on any atom is -0.339 e. The maximum Gasteiger partial charge on any atom is 0.254 e. The minimum atomic E-state index is 0.0481. The molecule has 1 amide bonds. The molecule has 0 saturated heterocycles. The van der Waals surface area contributed by atoms with Gasteiger partial charge in [-0.3, -0.25) is 4.79 Å². The van der Waals surface area contributed by atoms with Crippen LogP contribution in [0.3, 0.4) is 0 Å². The van der Waals surface area contributed by atoms with Gasteiger partial charge in [0.2, 0.25) is 0 Å². The third-order valence-corrected chi connectivity index (χ3v) is 4.22. The fraction of sp³-hybridized carbons (Fsp3) is 0.600. The molecule has 1 aromatic rings. The predicted molar refractivity (Wildman–Crippen MR) is 77.5 cm³/mol. The zero-order valence-electron chi connectivity index (χ0n) is 11.8. The van der Waals surface area contributed by atoms with Crippen LogP contribution < -0.4 is 0 Å². The molecule has 19 heavy (non-hydrogen) atoms. The molecule has 1 heterocycles. The highest BCUT2D eigenvalue weighted by molar-refractivity contribution is 6.29. The molecule has 2 rings (SSSR count). The lowest BCUT2D eigenvalue weighted by molar-refractivity contribution is 0.0679. The monoisotopic (exact) mass is 280 g/mol. The van der Waals surface area contributed by atoms with E-state index in [1.807, 2.05) is 18.9 Å². The van der Waals surface area contributed by atoms with E-state index in [-0.39, 0.29) is 5.91 Å². The summed E-state index contributed by atoms with van der Waals surface area (Å²) in [4.78, 5) is 18.4. The summed E-state index contributed by atoms with van der Waals surface area (Å²) in [5, 5.41) is 0.383. The van der Waals surface area contributed by atoms with Gasteiger partial charge >= 0.3 is 0 Å². The van der Waals surface area contributed by atoms with Crippen LogP contribution in [-0.4, -0.2) is 28.9 Å². The number of pyridine rings is 1. The summed E-state index contributed by atoms with van der Waals surface area (Å²) < 4.78 is 0. The summed E-state index contributed by atoms with van der Waals surface area (Å²) in [5.74, 6) is 0.837. The highest BCUT2D eigenvalue weighted by atomic mass is 35.5. The fourth-order valence-corrected chi connectivity index (χ4v) is 3.00. The first-order chi connectivity index (χ1) is 8.97. The second kappa shape index (κ2) is 5.91. The largest absolute Gasteiger partial charge is 0.339 e. The van der Waals surface area contributed by atoms with E-state index in [0.717, 1.165) is 24.5 Å². The van der Waals surface area contributed by atoms with Crippen molar-refractivity contribution in [3.63, 3.8) is 0 Å². The van der Waals surface area contributed by atoms with Crippen molar-refractivity contribution in [3.8, 4) is 0 Å². The summed E-state index contributed by atoms with van der Waals surface area (Å²) in [6, 6.07) is 3.81. The lowest BCUT2D eigenvalue weighted by atomic mass is 9.86. The minimum absolute atomic E-state index is 0.0481. The highest BCUT2D eigenvalue weighted by Crippen LogP contribution is 2.27. The van der Waals surface area contributed by atoms with Gasteiger partial charge in [0.25, 0.3) is 5.91 Å². The quantitative estimate of drug-likeness (QED) is 0.774. The average Bonchev–Trinajstić information content (AvgIpc) is 2.37. The molecule has 3 nitrogen and oxygen atoms in total. The van der Waals surface area contributed by atoms with E-state index in [2.05, 4.69) is 11.9 Å². The molecule has 1 aromatic heterocycles. The van der Waals surface area contributed by atoms with Gasteiger partial charge in [-0.15, -0.1) is 0 Å². The van der Waals surface area contributed by atoms with Gasteiger partial charge in [0, 0.05) is 24.3 Å². The van der Waals surface area contributed by atoms with Gasteiger partial charge in [0.05, 0.1) is 0 Å². The van der Waals surface area contributed by atoms with Gasteiger partial charge in [-0.2, -0.15) is 0 Å². The number of aryl methyl sites for hydroxylation is 1. The first-order valence-electron chi connectivity index (χ1n) is 6.88. The Kier molecular flexibility index (Phi) is 4.46. The summed E-state index contributed by atoms with van der Waals surface area (Å²) in [7, 11) is 1.90. The molecule has 104 valence electrons. The molecule has 0 unspecified atom stereocenters. The van der Waals surface area contributed by atoms with Crippen molar-refractivity contribution >= 4 is 17.5 Å². The maximum absolute atomic E-state index is 12.5. The summed E-state index contributed by atoms with van der Waals surface area (Å²) >= 11 is 5.92. The molecule has 0 atom stereocenters. The molecule has 0 N–H and O–H groups in total. The van der Waals surface area contributed by atoms with E-state index in [1.54, 1.807) is 12.1 Å². The van der Waals surface area contributed by atoms with Crippen molar-refractivity contribution in [3.05, 3.63) is 28.5 Å². The van der Waals surface area contributed by atoms with Gasteiger partial charge in [-0.25, -0.2) is 4.98 Å². The molecule has 0 aliphatic heterocycles. The van der Waals surface area contributed by atoms with Gasteiger partial charge in [-0.05, 0) is 50.7 Å². The Morgan fingerprint density at radius 1 is 1.32 bits per heavy atom. The summed E-state index contributed by atoms with van der Waals surface area (Å²) in [5.41, 5.74) is 1.42. The van der Waals surface area contributed by atoms with Crippen LogP contribution in [-0.2, 0) is 0 Å². The first-order valence-corrected chi connectivity index (χ1v) is 7.26. The third-order valence-electron chi connectivity index (χ3n) is 4.02. The Morgan fingerprint density at radius 3 is 2.53 bits per heavy atom. The van der Waals surface area contributed by atoms with E-state index in [1.165, 1.54) is 12.8 Å². The van der Waals surface area contributed by atoms with Crippen LogP contribution in [0.25, 0.3) is 0 Å². The van der Waals surface area contributed by atoms with E-state index in [4.69, 9.17) is 11.6 Å². The molecule has 0 bridgehead atoms. The molecule has 1 aliphatic rings. The van der Waals surface area contributed by atoms with Crippen molar-refractivity contribution < 1.29 is 4.79 Å². The van der Waals surface area contributed by atoms with Crippen molar-refractivity contribution in [2.75, 3.05) is 7.05 Å². The van der Waals surface area contributed by atoms with Crippen LogP contribution >= 0.6 is 11.6 Å². The number of halogens is 1. The SMILES string of the molecule is Cc1cc(C(=O)N(C)C2CCC(C)CC2)cc(Cl)n1. The first kappa shape index (κ1) is 14.3. The van der Waals surface area contributed by atoms with Crippen LogP contribution in [0.15, 0.2) is 12.1 Å². The number of hydrogen-bond donors (Lipinski definition) is 0. The second-order valence-corrected chi connectivity index (χ2v) is 6.04. The van der Waals surface area contributed by atoms with Gasteiger partial charge in [0.15, 0.2) is 0 Å². The lowest BCUT2D eigenvalue weighted by Gasteiger charge is -2.33. The molecular formula is C15H21ClN2O. The summed E-state index contributed by atoms with van der Waals surface area (Å²) in [6.07, 6.45) is 4.61. The number of amides is 1. The molecule has 0 aromatic carbocycles. The van der Waals surface area contributed by atoms with Crippen LogP contribution in [0.1, 0.15) is 48.7 Å². The smallest absolute Gasteiger partial charge is 0.254 e. The maximum atomic E-state index is 12.5. The van der Waals surface area contributed by atoms with E-state index < -0.39 is 0 Å². The van der Waals surface area contributed by atoms with Crippen molar-refractivity contribution in [2.45, 2.75) is 45.6 Å². The van der Waals surface area contributed by atoms with Crippen molar-refractivity contribution in [1.29, 1.82) is 0 Å². The van der Waals surface area contributed by atoms with Crippen LogP contribution in [0.4, 0.5) is 0 Å². The molecule has 0 radical (unpaired) electrons. The molecule has 0 spiro atoms. The van der Waals surface area contributed by atoms with Crippen LogP contribution in [0, 0.1) is 12.8 Å². The van der Waals surface area contributed by atoms with Crippen molar-refractivity contribution in [1.82, 2.24) is 9.88 Å². The van der Waals surface area contributed by atoms with Crippen molar-refractivity contribution in [2.24, 2.45) is 5.92 Å². The second-order valence-electron chi connectivity index (χ2n) is 5.65. The zero-order valence-corrected chi connectivity index (χ0v) is 12.6. The Hall–Kier alpha value is -1.09. The Bertz CT molecular complexity index is 447. The number of aromatic nitrogens is 1. The molecule has 1 fully saturated rings. The number of nitrogens with zero attached hydrogens (tertiary/aromatic N) is 2. The Morgan fingerprint density at radius 2 is 1.95 bits per heavy atom. The van der Waals surface area contributed by atoms with E-state index in [0.29, 0.717) is 16.8 Å².